The summed E-state index contributed by atoms with van der Waals surface area (Å²) in [6.45, 7) is 5.58. The second kappa shape index (κ2) is 11.1. The van der Waals surface area contributed by atoms with E-state index in [-0.39, 0.29) is 0 Å². The highest BCUT2D eigenvalue weighted by Gasteiger charge is 2.25. The van der Waals surface area contributed by atoms with Gasteiger partial charge in [-0.1, -0.05) is 65.8 Å². The number of likely N-dealkylation sites (tertiary alicyclic amines) is 1. The molecule has 0 atom stereocenters. The Balaban J connectivity index is 1.12. The highest BCUT2D eigenvalue weighted by atomic mass is 16.5. The smallest absolute Gasteiger partial charge is 0.226 e. The fourth-order valence-corrected chi connectivity index (χ4v) is 5.47. The minimum atomic E-state index is 0.455. The van der Waals surface area contributed by atoms with Gasteiger partial charge in [-0.05, 0) is 81.9 Å². The molecule has 1 N–H and O–H groups in total. The molecule has 5 nitrogen and oxygen atoms in total. The predicted octanol–water partition coefficient (Wildman–Crippen LogP) is 5.01. The number of nitrogens with zero attached hydrogens (tertiary/aromatic N) is 3. The van der Waals surface area contributed by atoms with Gasteiger partial charge in [0.1, 0.15) is 0 Å². The first kappa shape index (κ1) is 22.3. The SMILES string of the molecule is c1ccc(C(CCN2CCC(Cc3nc(C4CCNCC4)no3)CC2)c2ccccc2)cc1. The molecule has 2 fully saturated rings. The van der Waals surface area contributed by atoms with Crippen LogP contribution in [-0.4, -0.2) is 47.8 Å². The van der Waals surface area contributed by atoms with Crippen LogP contribution < -0.4 is 5.32 Å². The Morgan fingerprint density at radius 2 is 1.52 bits per heavy atom. The van der Waals surface area contributed by atoms with Crippen LogP contribution in [0.2, 0.25) is 0 Å². The maximum absolute atomic E-state index is 5.63. The first-order valence-corrected chi connectivity index (χ1v) is 12.7. The van der Waals surface area contributed by atoms with Gasteiger partial charge in [-0.2, -0.15) is 4.98 Å². The maximum atomic E-state index is 5.63. The van der Waals surface area contributed by atoms with E-state index < -0.39 is 0 Å². The van der Waals surface area contributed by atoms with Crippen LogP contribution in [-0.2, 0) is 6.42 Å². The molecule has 5 rings (SSSR count). The van der Waals surface area contributed by atoms with Crippen molar-refractivity contribution in [1.29, 1.82) is 0 Å². The zero-order chi connectivity index (χ0) is 22.3. The molecule has 0 spiro atoms. The molecule has 2 saturated heterocycles. The van der Waals surface area contributed by atoms with Gasteiger partial charge >= 0.3 is 0 Å². The van der Waals surface area contributed by atoms with E-state index >= 15 is 0 Å². The van der Waals surface area contributed by atoms with Crippen molar-refractivity contribution in [3.8, 4) is 0 Å². The van der Waals surface area contributed by atoms with E-state index in [4.69, 9.17) is 9.51 Å². The molecule has 0 bridgehead atoms. The highest BCUT2D eigenvalue weighted by molar-refractivity contribution is 5.32. The number of rotatable bonds is 8. The van der Waals surface area contributed by atoms with Crippen LogP contribution in [0.25, 0.3) is 0 Å². The van der Waals surface area contributed by atoms with E-state index in [0.717, 1.165) is 70.1 Å². The molecule has 5 heteroatoms. The van der Waals surface area contributed by atoms with E-state index in [2.05, 4.69) is 76.0 Å². The van der Waals surface area contributed by atoms with Crippen molar-refractivity contribution in [3.05, 3.63) is 83.5 Å². The minimum absolute atomic E-state index is 0.455. The summed E-state index contributed by atoms with van der Waals surface area (Å²) in [5.74, 6) is 3.35. The first-order chi connectivity index (χ1) is 16.3. The van der Waals surface area contributed by atoms with Crippen LogP contribution in [0.4, 0.5) is 0 Å². The molecule has 2 aromatic carbocycles. The maximum Gasteiger partial charge on any atom is 0.226 e. The molecule has 0 unspecified atom stereocenters. The van der Waals surface area contributed by atoms with Gasteiger partial charge in [-0.25, -0.2) is 0 Å². The summed E-state index contributed by atoms with van der Waals surface area (Å²) in [6.07, 6.45) is 6.75. The molecule has 0 aliphatic carbocycles. The summed E-state index contributed by atoms with van der Waals surface area (Å²) >= 11 is 0. The molecular weight excluding hydrogens is 408 g/mol. The van der Waals surface area contributed by atoms with Crippen molar-refractivity contribution < 1.29 is 4.52 Å². The molecule has 0 saturated carbocycles. The van der Waals surface area contributed by atoms with Crippen LogP contribution in [0.15, 0.2) is 65.2 Å². The zero-order valence-electron chi connectivity index (χ0n) is 19.5. The molecule has 2 aliphatic heterocycles. The monoisotopic (exact) mass is 444 g/mol. The van der Waals surface area contributed by atoms with Crippen LogP contribution in [0.3, 0.4) is 0 Å². The molecule has 174 valence electrons. The van der Waals surface area contributed by atoms with E-state index in [0.29, 0.717) is 17.8 Å². The molecule has 0 radical (unpaired) electrons. The summed E-state index contributed by atoms with van der Waals surface area (Å²) in [5.41, 5.74) is 2.83. The average Bonchev–Trinajstić information content (AvgIpc) is 3.36. The fourth-order valence-electron chi connectivity index (χ4n) is 5.47. The number of benzene rings is 2. The largest absolute Gasteiger partial charge is 0.339 e. The Kier molecular flexibility index (Phi) is 7.49. The van der Waals surface area contributed by atoms with Crippen LogP contribution >= 0.6 is 0 Å². The molecule has 33 heavy (non-hydrogen) atoms. The van der Waals surface area contributed by atoms with Crippen molar-refractivity contribution in [2.24, 2.45) is 5.92 Å². The van der Waals surface area contributed by atoms with Crippen molar-refractivity contribution in [3.63, 3.8) is 0 Å². The molecular formula is C28H36N4O. The normalized spacial score (nSPS) is 18.7. The third-order valence-corrected chi connectivity index (χ3v) is 7.50. The Morgan fingerprint density at radius 3 is 2.15 bits per heavy atom. The number of nitrogens with one attached hydrogen (secondary N) is 1. The van der Waals surface area contributed by atoms with E-state index in [1.807, 2.05) is 0 Å². The molecule has 3 heterocycles. The second-order valence-electron chi connectivity index (χ2n) is 9.72. The first-order valence-electron chi connectivity index (χ1n) is 12.7. The van der Waals surface area contributed by atoms with Crippen LogP contribution in [0, 0.1) is 5.92 Å². The zero-order valence-corrected chi connectivity index (χ0v) is 19.5. The fraction of sp³-hybridized carbons (Fsp3) is 0.500. The Bertz CT molecular complexity index is 920. The van der Waals surface area contributed by atoms with Gasteiger partial charge in [-0.3, -0.25) is 0 Å². The Hall–Kier alpha value is -2.50. The van der Waals surface area contributed by atoms with Gasteiger partial charge in [0.25, 0.3) is 0 Å². The van der Waals surface area contributed by atoms with Gasteiger partial charge in [0, 0.05) is 18.3 Å². The molecule has 1 aromatic heterocycles. The summed E-state index contributed by atoms with van der Waals surface area (Å²) in [6, 6.07) is 21.9. The lowest BCUT2D eigenvalue weighted by atomic mass is 9.87. The molecule has 0 amide bonds. The standard InChI is InChI=1S/C28H36N4O/c1-3-7-23(8-4-1)26(24-9-5-2-6-10-24)15-20-32-18-13-22(14-19-32)21-27-30-28(31-33-27)25-11-16-29-17-12-25/h1-10,22,25-26,29H,11-21H2. The van der Waals surface area contributed by atoms with Gasteiger partial charge < -0.3 is 14.7 Å². The van der Waals surface area contributed by atoms with Crippen LogP contribution in [0.1, 0.15) is 66.8 Å². The van der Waals surface area contributed by atoms with Gasteiger partial charge in [0.15, 0.2) is 5.82 Å². The molecule has 2 aliphatic rings. The van der Waals surface area contributed by atoms with E-state index in [9.17, 15) is 0 Å². The predicted molar refractivity (Wildman–Crippen MR) is 131 cm³/mol. The Labute approximate surface area is 197 Å². The van der Waals surface area contributed by atoms with Gasteiger partial charge in [0.2, 0.25) is 5.89 Å². The van der Waals surface area contributed by atoms with E-state index in [1.165, 1.54) is 24.0 Å². The van der Waals surface area contributed by atoms with Crippen molar-refractivity contribution in [2.45, 2.75) is 50.4 Å². The third-order valence-electron chi connectivity index (χ3n) is 7.50. The summed E-state index contributed by atoms with van der Waals surface area (Å²) < 4.78 is 5.63. The Morgan fingerprint density at radius 1 is 0.879 bits per heavy atom. The third kappa shape index (κ3) is 5.90. The molecule has 3 aromatic rings. The lowest BCUT2D eigenvalue weighted by molar-refractivity contribution is 0.174. The topological polar surface area (TPSA) is 54.2 Å². The van der Waals surface area contributed by atoms with Crippen molar-refractivity contribution in [2.75, 3.05) is 32.7 Å². The number of hydrogen-bond acceptors (Lipinski definition) is 5. The van der Waals surface area contributed by atoms with Crippen LogP contribution in [0.5, 0.6) is 0 Å². The number of aromatic nitrogens is 2. The van der Waals surface area contributed by atoms with E-state index in [1.54, 1.807) is 0 Å². The van der Waals surface area contributed by atoms with Gasteiger partial charge in [0.05, 0.1) is 0 Å². The number of hydrogen-bond donors (Lipinski definition) is 1. The average molecular weight is 445 g/mol. The lowest BCUT2D eigenvalue weighted by Crippen LogP contribution is -2.35. The minimum Gasteiger partial charge on any atom is -0.339 e. The second-order valence-corrected chi connectivity index (χ2v) is 9.72. The quantitative estimate of drug-likeness (QED) is 0.529. The van der Waals surface area contributed by atoms with Crippen molar-refractivity contribution >= 4 is 0 Å². The summed E-state index contributed by atoms with van der Waals surface area (Å²) in [5, 5.41) is 7.71. The van der Waals surface area contributed by atoms with Gasteiger partial charge in [-0.15, -0.1) is 0 Å². The van der Waals surface area contributed by atoms with Crippen molar-refractivity contribution in [1.82, 2.24) is 20.4 Å². The summed E-state index contributed by atoms with van der Waals surface area (Å²) in [7, 11) is 0. The summed E-state index contributed by atoms with van der Waals surface area (Å²) in [4.78, 5) is 7.40. The lowest BCUT2D eigenvalue weighted by Gasteiger charge is -2.32. The highest BCUT2D eigenvalue weighted by Crippen LogP contribution is 2.30. The number of piperidine rings is 2.